The van der Waals surface area contributed by atoms with Crippen molar-refractivity contribution in [3.8, 4) is 0 Å². The van der Waals surface area contributed by atoms with E-state index in [0.29, 0.717) is 0 Å². The quantitative estimate of drug-likeness (QED) is 0.590. The van der Waals surface area contributed by atoms with Crippen LogP contribution in [-0.2, 0) is 4.74 Å². The maximum absolute atomic E-state index is 13.5. The highest BCUT2D eigenvalue weighted by atomic mass is 19.1. The molecule has 0 radical (unpaired) electrons. The molecule has 2 atom stereocenters. The number of nitro groups is 1. The van der Waals surface area contributed by atoms with Gasteiger partial charge in [0.05, 0.1) is 6.26 Å². The molecule has 4 nitrogen and oxygen atoms in total. The van der Waals surface area contributed by atoms with Crippen molar-refractivity contribution in [2.24, 2.45) is 0 Å². The largest absolute Gasteiger partial charge is 0.486 e. The Balaban J connectivity index is 2.40. The predicted octanol–water partition coefficient (Wildman–Crippen LogP) is 2.59. The fraction of sp³-hybridized carbons (Fsp3) is 0.273. The summed E-state index contributed by atoms with van der Waals surface area (Å²) in [5, 5.41) is 10.8. The number of hydrogen-bond acceptors (Lipinski definition) is 3. The third kappa shape index (κ3) is 2.25. The van der Waals surface area contributed by atoms with Gasteiger partial charge in [0, 0.05) is 16.9 Å². The lowest BCUT2D eigenvalue weighted by Gasteiger charge is -2.23. The van der Waals surface area contributed by atoms with Crippen LogP contribution in [0.5, 0.6) is 0 Å². The van der Waals surface area contributed by atoms with E-state index in [1.54, 1.807) is 0 Å². The fourth-order valence-corrected chi connectivity index (χ4v) is 1.76. The first-order valence-corrected chi connectivity index (χ1v) is 4.98. The number of nitrogens with zero attached hydrogens (tertiary/aromatic N) is 1. The summed E-state index contributed by atoms with van der Waals surface area (Å²) in [5.74, 6) is -1.36. The molecule has 0 bridgehead atoms. The van der Waals surface area contributed by atoms with Gasteiger partial charge in [0.15, 0.2) is 6.10 Å². The second-order valence-electron chi connectivity index (χ2n) is 3.68. The lowest BCUT2D eigenvalue weighted by molar-refractivity contribution is -0.536. The monoisotopic (exact) mass is 241 g/mol. The molecule has 0 saturated heterocycles. The molecular formula is C11H9F2NO3. The third-order valence-electron chi connectivity index (χ3n) is 2.58. The summed E-state index contributed by atoms with van der Waals surface area (Å²) >= 11 is 0. The summed E-state index contributed by atoms with van der Waals surface area (Å²) in [6, 6.07) is 1.72. The topological polar surface area (TPSA) is 52.4 Å². The van der Waals surface area contributed by atoms with Crippen molar-refractivity contribution in [2.45, 2.75) is 18.6 Å². The highest BCUT2D eigenvalue weighted by molar-refractivity contribution is 5.23. The molecule has 1 aliphatic rings. The fourth-order valence-electron chi connectivity index (χ4n) is 1.76. The molecule has 1 heterocycles. The Morgan fingerprint density at radius 3 is 2.88 bits per heavy atom. The van der Waals surface area contributed by atoms with Crippen LogP contribution in [0.15, 0.2) is 30.5 Å². The maximum Gasteiger partial charge on any atom is 0.257 e. The normalized spacial score (nSPS) is 23.2. The average molecular weight is 241 g/mol. The van der Waals surface area contributed by atoms with Crippen LogP contribution in [0.1, 0.15) is 18.1 Å². The zero-order valence-corrected chi connectivity index (χ0v) is 8.68. The van der Waals surface area contributed by atoms with Crippen LogP contribution in [0.4, 0.5) is 8.78 Å². The molecule has 0 spiro atoms. The highest BCUT2D eigenvalue weighted by Crippen LogP contribution is 2.31. The molecule has 0 aromatic heterocycles. The first-order chi connectivity index (χ1) is 8.09. The van der Waals surface area contributed by atoms with E-state index in [9.17, 15) is 18.9 Å². The van der Waals surface area contributed by atoms with Crippen LogP contribution in [0.25, 0.3) is 0 Å². The van der Waals surface area contributed by atoms with E-state index in [2.05, 4.69) is 0 Å². The van der Waals surface area contributed by atoms with Crippen LogP contribution in [0.3, 0.4) is 0 Å². The molecular weight excluding hydrogens is 232 g/mol. The van der Waals surface area contributed by atoms with E-state index in [1.807, 2.05) is 0 Å². The van der Waals surface area contributed by atoms with Crippen LogP contribution < -0.4 is 0 Å². The Morgan fingerprint density at radius 2 is 2.18 bits per heavy atom. The minimum absolute atomic E-state index is 0.129. The second kappa shape index (κ2) is 4.48. The molecule has 0 aliphatic carbocycles. The lowest BCUT2D eigenvalue weighted by Crippen LogP contribution is -2.30. The zero-order chi connectivity index (χ0) is 12.4. The summed E-state index contributed by atoms with van der Waals surface area (Å²) in [6.07, 6.45) is 1.80. The number of ether oxygens (including phenoxy) is 1. The molecule has 0 N–H and O–H groups in total. The van der Waals surface area contributed by atoms with Gasteiger partial charge in [-0.1, -0.05) is 0 Å². The summed E-state index contributed by atoms with van der Waals surface area (Å²) in [6.45, 7) is 0. The van der Waals surface area contributed by atoms with Crippen molar-refractivity contribution in [3.05, 3.63) is 57.8 Å². The standard InChI is InChI=1S/C11H9F2NO3/c12-7-3-4-9(13)8(6-7)11-10(14(15)16)2-1-5-17-11/h1,3-6,10-11H,2H2/t10?,11-/m1/s1. The Bertz CT molecular complexity index is 476. The molecule has 1 unspecified atom stereocenters. The molecule has 90 valence electrons. The van der Waals surface area contributed by atoms with Crippen molar-refractivity contribution in [1.29, 1.82) is 0 Å². The predicted molar refractivity (Wildman–Crippen MR) is 54.7 cm³/mol. The molecule has 17 heavy (non-hydrogen) atoms. The first kappa shape index (κ1) is 11.5. The minimum Gasteiger partial charge on any atom is -0.486 e. The Labute approximate surface area is 95.7 Å². The van der Waals surface area contributed by atoms with Gasteiger partial charge in [0.25, 0.3) is 6.04 Å². The van der Waals surface area contributed by atoms with Gasteiger partial charge in [-0.25, -0.2) is 8.78 Å². The van der Waals surface area contributed by atoms with E-state index in [0.717, 1.165) is 18.2 Å². The minimum atomic E-state index is -1.10. The van der Waals surface area contributed by atoms with Gasteiger partial charge in [0.1, 0.15) is 11.6 Å². The zero-order valence-electron chi connectivity index (χ0n) is 8.68. The van der Waals surface area contributed by atoms with Gasteiger partial charge in [0.2, 0.25) is 0 Å². The van der Waals surface area contributed by atoms with Gasteiger partial charge < -0.3 is 4.74 Å². The Morgan fingerprint density at radius 1 is 1.41 bits per heavy atom. The van der Waals surface area contributed by atoms with Gasteiger partial charge in [-0.05, 0) is 24.3 Å². The van der Waals surface area contributed by atoms with Gasteiger partial charge in [-0.2, -0.15) is 0 Å². The summed E-state index contributed by atoms with van der Waals surface area (Å²) < 4.78 is 31.6. The van der Waals surface area contributed by atoms with E-state index >= 15 is 0 Å². The molecule has 1 aromatic carbocycles. The Kier molecular flexibility index (Phi) is 3.03. The van der Waals surface area contributed by atoms with Gasteiger partial charge in [-0.15, -0.1) is 0 Å². The number of rotatable bonds is 2. The van der Waals surface area contributed by atoms with Crippen LogP contribution >= 0.6 is 0 Å². The third-order valence-corrected chi connectivity index (χ3v) is 2.58. The number of halogens is 2. The second-order valence-corrected chi connectivity index (χ2v) is 3.68. The lowest BCUT2D eigenvalue weighted by atomic mass is 9.98. The molecule has 0 fully saturated rings. The summed E-state index contributed by atoms with van der Waals surface area (Å²) in [5.41, 5.74) is -0.129. The highest BCUT2D eigenvalue weighted by Gasteiger charge is 2.37. The van der Waals surface area contributed by atoms with Crippen molar-refractivity contribution in [1.82, 2.24) is 0 Å². The maximum atomic E-state index is 13.5. The van der Waals surface area contributed by atoms with Crippen molar-refractivity contribution in [3.63, 3.8) is 0 Å². The van der Waals surface area contributed by atoms with Crippen LogP contribution in [0, 0.1) is 21.7 Å². The first-order valence-electron chi connectivity index (χ1n) is 4.98. The average Bonchev–Trinajstić information content (AvgIpc) is 2.32. The molecule has 0 saturated carbocycles. The van der Waals surface area contributed by atoms with E-state index in [-0.39, 0.29) is 12.0 Å². The SMILES string of the molecule is O=[N+]([O-])C1CC=CO[C@@H]1c1cc(F)ccc1F. The summed E-state index contributed by atoms with van der Waals surface area (Å²) in [7, 11) is 0. The molecule has 1 aromatic rings. The van der Waals surface area contributed by atoms with Crippen molar-refractivity contribution < 1.29 is 18.4 Å². The Hall–Kier alpha value is -1.98. The number of hydrogen-bond donors (Lipinski definition) is 0. The molecule has 6 heteroatoms. The van der Waals surface area contributed by atoms with E-state index < -0.39 is 28.7 Å². The number of benzene rings is 1. The summed E-state index contributed by atoms with van der Waals surface area (Å²) in [4.78, 5) is 10.3. The van der Waals surface area contributed by atoms with Crippen molar-refractivity contribution in [2.75, 3.05) is 0 Å². The van der Waals surface area contributed by atoms with Crippen LogP contribution in [-0.4, -0.2) is 11.0 Å². The smallest absolute Gasteiger partial charge is 0.257 e. The van der Waals surface area contributed by atoms with E-state index in [4.69, 9.17) is 4.74 Å². The molecule has 0 amide bonds. The molecule has 1 aliphatic heterocycles. The van der Waals surface area contributed by atoms with E-state index in [1.165, 1.54) is 12.3 Å². The molecule has 2 rings (SSSR count). The van der Waals surface area contributed by atoms with Gasteiger partial charge >= 0.3 is 0 Å². The van der Waals surface area contributed by atoms with Crippen molar-refractivity contribution >= 4 is 0 Å². The van der Waals surface area contributed by atoms with Gasteiger partial charge in [-0.3, -0.25) is 10.1 Å². The van der Waals surface area contributed by atoms with Crippen LogP contribution in [0.2, 0.25) is 0 Å².